The highest BCUT2D eigenvalue weighted by molar-refractivity contribution is 6.06. The largest absolute Gasteiger partial charge is 0.480 e. The van der Waals surface area contributed by atoms with Crippen LogP contribution in [0.15, 0.2) is 59.2 Å². The first kappa shape index (κ1) is 14.6. The second kappa shape index (κ2) is 6.56. The van der Waals surface area contributed by atoms with Crippen LogP contribution in [-0.4, -0.2) is 23.0 Å². The highest BCUT2D eigenvalue weighted by Crippen LogP contribution is 2.18. The summed E-state index contributed by atoms with van der Waals surface area (Å²) in [5, 5.41) is 9.18. The van der Waals surface area contributed by atoms with E-state index in [2.05, 4.69) is 0 Å². The number of benzene rings is 1. The minimum absolute atomic E-state index is 0.424. The number of hydrogen-bond donors (Lipinski definition) is 1. The Morgan fingerprint density at radius 2 is 1.90 bits per heavy atom. The third-order valence-corrected chi connectivity index (χ3v) is 2.95. The van der Waals surface area contributed by atoms with Gasteiger partial charge in [-0.25, -0.2) is 4.79 Å². The van der Waals surface area contributed by atoms with Crippen LogP contribution in [0.5, 0.6) is 0 Å². The summed E-state index contributed by atoms with van der Waals surface area (Å²) in [5.74, 6) is -0.967. The van der Waals surface area contributed by atoms with Gasteiger partial charge < -0.3 is 9.52 Å². The van der Waals surface area contributed by atoms with Gasteiger partial charge in [0, 0.05) is 11.8 Å². The van der Waals surface area contributed by atoms with Crippen molar-refractivity contribution in [3.8, 4) is 0 Å². The van der Waals surface area contributed by atoms with Gasteiger partial charge in [-0.2, -0.15) is 0 Å². The Bertz CT molecular complexity index is 632. The molecule has 1 atom stereocenters. The lowest BCUT2D eigenvalue weighted by Crippen LogP contribution is -2.42. The molecule has 0 saturated carbocycles. The summed E-state index contributed by atoms with van der Waals surface area (Å²) >= 11 is 0. The Hall–Kier alpha value is -2.82. The molecule has 1 N–H and O–H groups in total. The number of amides is 1. The standard InChI is InChI=1S/C16H15NO4/c1-12(16(19)20)17(13-6-3-2-4-7-13)15(18)10-9-14-8-5-11-21-14/h2-12H,1H3,(H,19,20)/t12-/m0/s1. The first-order valence-electron chi connectivity index (χ1n) is 6.42. The first-order chi connectivity index (χ1) is 10.1. The Balaban J connectivity index is 2.27. The molecule has 0 bridgehead atoms. The third kappa shape index (κ3) is 3.60. The van der Waals surface area contributed by atoms with Crippen LogP contribution < -0.4 is 4.90 Å². The van der Waals surface area contributed by atoms with Crippen LogP contribution in [0.25, 0.3) is 6.08 Å². The number of para-hydroxylation sites is 1. The molecule has 1 aromatic carbocycles. The van der Waals surface area contributed by atoms with Gasteiger partial charge in [0.05, 0.1) is 6.26 Å². The first-order valence-corrected chi connectivity index (χ1v) is 6.42. The second-order valence-corrected chi connectivity index (χ2v) is 4.41. The molecule has 0 saturated heterocycles. The fraction of sp³-hybridized carbons (Fsp3) is 0.125. The molecule has 0 radical (unpaired) electrons. The molecular weight excluding hydrogens is 270 g/mol. The molecule has 1 aromatic heterocycles. The average molecular weight is 285 g/mol. The molecule has 108 valence electrons. The summed E-state index contributed by atoms with van der Waals surface area (Å²) in [7, 11) is 0. The highest BCUT2D eigenvalue weighted by atomic mass is 16.4. The zero-order valence-corrected chi connectivity index (χ0v) is 11.5. The van der Waals surface area contributed by atoms with E-state index < -0.39 is 17.9 Å². The van der Waals surface area contributed by atoms with Gasteiger partial charge in [0.15, 0.2) is 0 Å². The molecule has 2 aromatic rings. The van der Waals surface area contributed by atoms with E-state index in [1.807, 2.05) is 0 Å². The van der Waals surface area contributed by atoms with Gasteiger partial charge in [0.25, 0.3) is 5.91 Å². The summed E-state index contributed by atoms with van der Waals surface area (Å²) in [6, 6.07) is 11.1. The quantitative estimate of drug-likeness (QED) is 0.857. The molecular formula is C16H15NO4. The molecule has 0 unspecified atom stereocenters. The highest BCUT2D eigenvalue weighted by Gasteiger charge is 2.25. The van der Waals surface area contributed by atoms with Crippen LogP contribution in [0, 0.1) is 0 Å². The van der Waals surface area contributed by atoms with Crippen molar-refractivity contribution in [3.05, 3.63) is 60.6 Å². The van der Waals surface area contributed by atoms with E-state index >= 15 is 0 Å². The zero-order valence-electron chi connectivity index (χ0n) is 11.5. The van der Waals surface area contributed by atoms with Crippen LogP contribution in [0.3, 0.4) is 0 Å². The van der Waals surface area contributed by atoms with Crippen molar-refractivity contribution < 1.29 is 19.1 Å². The van der Waals surface area contributed by atoms with Gasteiger partial charge in [0.1, 0.15) is 11.8 Å². The number of carbonyl (C=O) groups excluding carboxylic acids is 1. The Kier molecular flexibility index (Phi) is 4.56. The number of carbonyl (C=O) groups is 2. The van der Waals surface area contributed by atoms with Crippen molar-refractivity contribution in [1.29, 1.82) is 0 Å². The number of anilines is 1. The lowest BCUT2D eigenvalue weighted by atomic mass is 10.2. The molecule has 0 aliphatic heterocycles. The topological polar surface area (TPSA) is 70.8 Å². The van der Waals surface area contributed by atoms with Gasteiger partial charge in [-0.05, 0) is 37.3 Å². The van der Waals surface area contributed by atoms with E-state index in [1.54, 1.807) is 42.5 Å². The number of hydrogen-bond acceptors (Lipinski definition) is 3. The van der Waals surface area contributed by atoms with E-state index in [0.29, 0.717) is 11.4 Å². The lowest BCUT2D eigenvalue weighted by molar-refractivity contribution is -0.139. The third-order valence-electron chi connectivity index (χ3n) is 2.95. The molecule has 5 nitrogen and oxygen atoms in total. The van der Waals surface area contributed by atoms with E-state index in [-0.39, 0.29) is 0 Å². The second-order valence-electron chi connectivity index (χ2n) is 4.41. The molecule has 0 aliphatic carbocycles. The summed E-state index contributed by atoms with van der Waals surface area (Å²) in [6.07, 6.45) is 4.30. The van der Waals surface area contributed by atoms with Crippen LogP contribution >= 0.6 is 0 Å². The monoisotopic (exact) mass is 285 g/mol. The van der Waals surface area contributed by atoms with Gasteiger partial charge in [-0.15, -0.1) is 0 Å². The molecule has 2 rings (SSSR count). The van der Waals surface area contributed by atoms with E-state index in [1.165, 1.54) is 30.2 Å². The van der Waals surface area contributed by atoms with Crippen molar-refractivity contribution >= 4 is 23.6 Å². The summed E-state index contributed by atoms with van der Waals surface area (Å²) < 4.78 is 5.10. The number of rotatable bonds is 5. The average Bonchev–Trinajstić information content (AvgIpc) is 2.99. The molecule has 21 heavy (non-hydrogen) atoms. The predicted octanol–water partition coefficient (Wildman–Crippen LogP) is 2.80. The van der Waals surface area contributed by atoms with Crippen molar-refractivity contribution in [2.24, 2.45) is 0 Å². The normalized spacial score (nSPS) is 12.2. The molecule has 0 spiro atoms. The van der Waals surface area contributed by atoms with Crippen LogP contribution in [0.1, 0.15) is 12.7 Å². The maximum Gasteiger partial charge on any atom is 0.326 e. The summed E-state index contributed by atoms with van der Waals surface area (Å²) in [6.45, 7) is 1.47. The van der Waals surface area contributed by atoms with Gasteiger partial charge in [0.2, 0.25) is 0 Å². The fourth-order valence-electron chi connectivity index (χ4n) is 1.86. The number of carboxylic acids is 1. The smallest absolute Gasteiger partial charge is 0.326 e. The molecule has 0 aliphatic rings. The van der Waals surface area contributed by atoms with Gasteiger partial charge >= 0.3 is 5.97 Å². The minimum Gasteiger partial charge on any atom is -0.480 e. The SMILES string of the molecule is C[C@@H](C(=O)O)N(C(=O)C=Cc1ccco1)c1ccccc1. The number of furan rings is 1. The predicted molar refractivity (Wildman–Crippen MR) is 78.8 cm³/mol. The summed E-state index contributed by atoms with van der Waals surface area (Å²) in [4.78, 5) is 24.8. The fourth-order valence-corrected chi connectivity index (χ4v) is 1.86. The summed E-state index contributed by atoms with van der Waals surface area (Å²) in [5.41, 5.74) is 0.529. The van der Waals surface area contributed by atoms with Crippen LogP contribution in [0.4, 0.5) is 5.69 Å². The van der Waals surface area contributed by atoms with Gasteiger partial charge in [-0.3, -0.25) is 9.69 Å². The van der Waals surface area contributed by atoms with Crippen molar-refractivity contribution in [1.82, 2.24) is 0 Å². The molecule has 5 heteroatoms. The molecule has 1 heterocycles. The number of nitrogens with zero attached hydrogens (tertiary/aromatic N) is 1. The Morgan fingerprint density at radius 1 is 1.19 bits per heavy atom. The van der Waals surface area contributed by atoms with E-state index in [9.17, 15) is 14.7 Å². The Labute approximate surface area is 122 Å². The van der Waals surface area contributed by atoms with Crippen LogP contribution in [-0.2, 0) is 9.59 Å². The lowest BCUT2D eigenvalue weighted by Gasteiger charge is -2.25. The maximum absolute atomic E-state index is 12.3. The number of carboxylic acid groups (broad SMARTS) is 1. The number of aliphatic carboxylic acids is 1. The van der Waals surface area contributed by atoms with Crippen LogP contribution in [0.2, 0.25) is 0 Å². The maximum atomic E-state index is 12.3. The minimum atomic E-state index is -1.07. The zero-order chi connectivity index (χ0) is 15.2. The van der Waals surface area contributed by atoms with Crippen molar-refractivity contribution in [3.63, 3.8) is 0 Å². The van der Waals surface area contributed by atoms with Gasteiger partial charge in [-0.1, -0.05) is 18.2 Å². The molecule has 0 fully saturated rings. The Morgan fingerprint density at radius 3 is 2.48 bits per heavy atom. The van der Waals surface area contributed by atoms with E-state index in [0.717, 1.165) is 0 Å². The molecule has 1 amide bonds. The van der Waals surface area contributed by atoms with Crippen molar-refractivity contribution in [2.45, 2.75) is 13.0 Å². The van der Waals surface area contributed by atoms with Crippen molar-refractivity contribution in [2.75, 3.05) is 4.90 Å². The van der Waals surface area contributed by atoms with E-state index in [4.69, 9.17) is 4.42 Å².